The van der Waals surface area contributed by atoms with E-state index in [1.54, 1.807) is 14.2 Å². The Morgan fingerprint density at radius 1 is 1.20 bits per heavy atom. The number of carbonyl (C=O) groups is 1. The number of hydrogen-bond acceptors (Lipinski definition) is 3. The molecule has 0 atom stereocenters. The predicted octanol–water partition coefficient (Wildman–Crippen LogP) is 2.27. The van der Waals surface area contributed by atoms with Gasteiger partial charge in [-0.05, 0) is 30.5 Å². The van der Waals surface area contributed by atoms with Crippen LogP contribution in [0, 0.1) is 0 Å². The summed E-state index contributed by atoms with van der Waals surface area (Å²) < 4.78 is 10.2. The second-order valence-electron chi connectivity index (χ2n) is 5.27. The van der Waals surface area contributed by atoms with Crippen LogP contribution in [0.2, 0.25) is 0 Å². The lowest BCUT2D eigenvalue weighted by molar-refractivity contribution is -0.126. The first-order valence-corrected chi connectivity index (χ1v) is 7.15. The van der Waals surface area contributed by atoms with Crippen molar-refractivity contribution in [3.63, 3.8) is 0 Å². The number of benzene rings is 1. The van der Waals surface area contributed by atoms with Gasteiger partial charge in [-0.25, -0.2) is 0 Å². The molecule has 1 saturated carbocycles. The Bertz CT molecular complexity index is 436. The molecule has 0 aliphatic heterocycles. The Kier molecular flexibility index (Phi) is 5.01. The molecular formula is C16H23NO3. The third-order valence-corrected chi connectivity index (χ3v) is 4.13. The van der Waals surface area contributed by atoms with E-state index in [0.717, 1.165) is 37.0 Å². The first kappa shape index (κ1) is 14.9. The van der Waals surface area contributed by atoms with E-state index < -0.39 is 0 Å². The van der Waals surface area contributed by atoms with Gasteiger partial charge in [-0.2, -0.15) is 0 Å². The molecule has 4 nitrogen and oxygen atoms in total. The number of hydrogen-bond donors (Lipinski definition) is 1. The highest BCUT2D eigenvalue weighted by Gasteiger charge is 2.42. The van der Waals surface area contributed by atoms with Crippen molar-refractivity contribution in [2.45, 2.75) is 31.1 Å². The lowest BCUT2D eigenvalue weighted by Crippen LogP contribution is -2.43. The minimum Gasteiger partial charge on any atom is -0.497 e. The normalized spacial score (nSPS) is 16.9. The van der Waals surface area contributed by atoms with Crippen molar-refractivity contribution < 1.29 is 14.3 Å². The Morgan fingerprint density at radius 3 is 2.40 bits per heavy atom. The molecule has 0 bridgehead atoms. The number of methoxy groups -OCH3 is 2. The molecule has 1 aromatic rings. The summed E-state index contributed by atoms with van der Waals surface area (Å²) in [5, 5.41) is 3.00. The van der Waals surface area contributed by atoms with Gasteiger partial charge in [-0.3, -0.25) is 4.79 Å². The van der Waals surface area contributed by atoms with E-state index in [1.807, 2.05) is 24.3 Å². The van der Waals surface area contributed by atoms with Crippen molar-refractivity contribution in [2.24, 2.45) is 0 Å². The molecular weight excluding hydrogens is 254 g/mol. The third-order valence-electron chi connectivity index (χ3n) is 4.13. The maximum atomic E-state index is 12.6. The highest BCUT2D eigenvalue weighted by Crippen LogP contribution is 2.41. The number of rotatable bonds is 6. The molecule has 4 heteroatoms. The Labute approximate surface area is 120 Å². The van der Waals surface area contributed by atoms with Gasteiger partial charge in [0.1, 0.15) is 5.75 Å². The summed E-state index contributed by atoms with van der Waals surface area (Å²) in [6.45, 7) is 1.11. The highest BCUT2D eigenvalue weighted by atomic mass is 16.5. The van der Waals surface area contributed by atoms with Crippen LogP contribution in [0.15, 0.2) is 24.3 Å². The summed E-state index contributed by atoms with van der Waals surface area (Å²) >= 11 is 0. The van der Waals surface area contributed by atoms with Crippen molar-refractivity contribution in [2.75, 3.05) is 27.4 Å². The zero-order valence-electron chi connectivity index (χ0n) is 12.3. The Balaban J connectivity index is 2.17. The monoisotopic (exact) mass is 277 g/mol. The molecule has 2 rings (SSSR count). The van der Waals surface area contributed by atoms with Gasteiger partial charge in [0.2, 0.25) is 5.91 Å². The largest absolute Gasteiger partial charge is 0.497 e. The van der Waals surface area contributed by atoms with Crippen LogP contribution in [-0.2, 0) is 14.9 Å². The van der Waals surface area contributed by atoms with Crippen molar-refractivity contribution in [3.05, 3.63) is 29.8 Å². The summed E-state index contributed by atoms with van der Waals surface area (Å²) in [6, 6.07) is 7.88. The Hall–Kier alpha value is -1.55. The van der Waals surface area contributed by atoms with Gasteiger partial charge in [0.05, 0.1) is 19.1 Å². The third kappa shape index (κ3) is 2.96. The molecule has 0 unspecified atom stereocenters. The lowest BCUT2D eigenvalue weighted by Gasteiger charge is -2.28. The van der Waals surface area contributed by atoms with Crippen LogP contribution >= 0.6 is 0 Å². The molecule has 1 amide bonds. The summed E-state index contributed by atoms with van der Waals surface area (Å²) in [4.78, 5) is 12.6. The fraction of sp³-hybridized carbons (Fsp3) is 0.562. The number of carbonyl (C=O) groups excluding carboxylic acids is 1. The van der Waals surface area contributed by atoms with Gasteiger partial charge in [-0.1, -0.05) is 25.0 Å². The molecule has 0 heterocycles. The molecule has 20 heavy (non-hydrogen) atoms. The Morgan fingerprint density at radius 2 is 1.85 bits per heavy atom. The van der Waals surface area contributed by atoms with E-state index in [-0.39, 0.29) is 11.3 Å². The van der Waals surface area contributed by atoms with E-state index in [0.29, 0.717) is 13.2 Å². The molecule has 1 aromatic carbocycles. The number of ether oxygens (including phenoxy) is 2. The molecule has 0 spiro atoms. The van der Waals surface area contributed by atoms with E-state index >= 15 is 0 Å². The first-order valence-electron chi connectivity index (χ1n) is 7.15. The maximum Gasteiger partial charge on any atom is 0.230 e. The minimum atomic E-state index is -0.375. The average Bonchev–Trinajstić information content (AvgIpc) is 2.98. The molecule has 1 aliphatic rings. The van der Waals surface area contributed by atoms with Crippen LogP contribution < -0.4 is 10.1 Å². The van der Waals surface area contributed by atoms with Crippen molar-refractivity contribution >= 4 is 5.91 Å². The van der Waals surface area contributed by atoms with Crippen LogP contribution in [-0.4, -0.2) is 33.3 Å². The van der Waals surface area contributed by atoms with Gasteiger partial charge < -0.3 is 14.8 Å². The minimum absolute atomic E-state index is 0.122. The summed E-state index contributed by atoms with van der Waals surface area (Å²) in [6.07, 6.45) is 4.03. The smallest absolute Gasteiger partial charge is 0.230 e. The maximum absolute atomic E-state index is 12.6. The molecule has 0 saturated heterocycles. The highest BCUT2D eigenvalue weighted by molar-refractivity contribution is 5.88. The van der Waals surface area contributed by atoms with Gasteiger partial charge >= 0.3 is 0 Å². The van der Waals surface area contributed by atoms with Gasteiger partial charge in [0, 0.05) is 13.7 Å². The molecule has 0 radical (unpaired) electrons. The first-order chi connectivity index (χ1) is 9.73. The van der Waals surface area contributed by atoms with Gasteiger partial charge in [-0.15, -0.1) is 0 Å². The fourth-order valence-electron chi connectivity index (χ4n) is 2.97. The standard InChI is InChI=1S/C16H23NO3/c1-19-12-11-17-15(18)16(9-3-4-10-16)13-5-7-14(20-2)8-6-13/h5-8H,3-4,9-12H2,1-2H3,(H,17,18). The zero-order chi connectivity index (χ0) is 14.4. The van der Waals surface area contributed by atoms with Crippen LogP contribution in [0.3, 0.4) is 0 Å². The predicted molar refractivity (Wildman–Crippen MR) is 78.0 cm³/mol. The second kappa shape index (κ2) is 6.75. The van der Waals surface area contributed by atoms with E-state index in [1.165, 1.54) is 0 Å². The molecule has 1 fully saturated rings. The van der Waals surface area contributed by atoms with Crippen LogP contribution in [0.5, 0.6) is 5.75 Å². The second-order valence-corrected chi connectivity index (χ2v) is 5.27. The van der Waals surface area contributed by atoms with Gasteiger partial charge in [0.15, 0.2) is 0 Å². The van der Waals surface area contributed by atoms with Crippen molar-refractivity contribution in [1.82, 2.24) is 5.32 Å². The number of nitrogens with one attached hydrogen (secondary N) is 1. The summed E-state index contributed by atoms with van der Waals surface area (Å²) in [5.41, 5.74) is 0.714. The summed E-state index contributed by atoms with van der Waals surface area (Å²) in [7, 11) is 3.29. The van der Waals surface area contributed by atoms with Crippen LogP contribution in [0.1, 0.15) is 31.2 Å². The SMILES string of the molecule is COCCNC(=O)C1(c2ccc(OC)cc2)CCCC1. The molecule has 1 aliphatic carbocycles. The van der Waals surface area contributed by atoms with Gasteiger partial charge in [0.25, 0.3) is 0 Å². The molecule has 0 aromatic heterocycles. The average molecular weight is 277 g/mol. The lowest BCUT2D eigenvalue weighted by atomic mass is 9.78. The van der Waals surface area contributed by atoms with Crippen LogP contribution in [0.4, 0.5) is 0 Å². The van der Waals surface area contributed by atoms with Crippen molar-refractivity contribution in [3.8, 4) is 5.75 Å². The molecule has 1 N–H and O–H groups in total. The molecule has 110 valence electrons. The quantitative estimate of drug-likeness (QED) is 0.811. The van der Waals surface area contributed by atoms with Crippen LogP contribution in [0.25, 0.3) is 0 Å². The van der Waals surface area contributed by atoms with E-state index in [9.17, 15) is 4.79 Å². The number of amides is 1. The zero-order valence-corrected chi connectivity index (χ0v) is 12.3. The topological polar surface area (TPSA) is 47.6 Å². The van der Waals surface area contributed by atoms with Crippen molar-refractivity contribution in [1.29, 1.82) is 0 Å². The van der Waals surface area contributed by atoms with E-state index in [4.69, 9.17) is 9.47 Å². The fourth-order valence-corrected chi connectivity index (χ4v) is 2.97. The summed E-state index contributed by atoms with van der Waals surface area (Å²) in [5.74, 6) is 0.943. The van der Waals surface area contributed by atoms with E-state index in [2.05, 4.69) is 5.32 Å².